The number of carbonyl (C=O) groups is 1. The quantitative estimate of drug-likeness (QED) is 0.473. The number of fused-ring (bicyclic) bond motifs is 1. The molecule has 6 heteroatoms. The Bertz CT molecular complexity index is 1110. The van der Waals surface area contributed by atoms with Crippen LogP contribution < -0.4 is 10.1 Å². The maximum Gasteiger partial charge on any atom is 0.248 e. The molecule has 0 radical (unpaired) electrons. The summed E-state index contributed by atoms with van der Waals surface area (Å²) in [7, 11) is 0. The summed E-state index contributed by atoms with van der Waals surface area (Å²) in [5, 5.41) is 2.80. The zero-order chi connectivity index (χ0) is 19.3. The van der Waals surface area contributed by atoms with Crippen LogP contribution in [0.4, 0.5) is 5.69 Å². The molecule has 0 bridgehead atoms. The molecule has 0 aliphatic rings. The summed E-state index contributed by atoms with van der Waals surface area (Å²) in [5.41, 5.74) is 2.80. The molecule has 0 fully saturated rings. The van der Waals surface area contributed by atoms with Crippen molar-refractivity contribution in [1.29, 1.82) is 0 Å². The van der Waals surface area contributed by atoms with Crippen molar-refractivity contribution in [2.24, 2.45) is 0 Å². The number of aromatic nitrogens is 1. The van der Waals surface area contributed by atoms with Crippen LogP contribution >= 0.6 is 0 Å². The molecule has 0 saturated heterocycles. The lowest BCUT2D eigenvalue weighted by atomic mass is 10.2. The van der Waals surface area contributed by atoms with Crippen molar-refractivity contribution in [3.05, 3.63) is 72.7 Å². The maximum atomic E-state index is 12.1. The number of hydrogen-bond acceptors (Lipinski definition) is 5. The molecule has 0 saturated carbocycles. The highest BCUT2D eigenvalue weighted by Crippen LogP contribution is 2.27. The van der Waals surface area contributed by atoms with Gasteiger partial charge >= 0.3 is 0 Å². The third kappa shape index (κ3) is 3.96. The second kappa shape index (κ2) is 7.84. The Kier molecular flexibility index (Phi) is 4.93. The van der Waals surface area contributed by atoms with Gasteiger partial charge in [0.05, 0.1) is 12.9 Å². The van der Waals surface area contributed by atoms with Gasteiger partial charge in [0.1, 0.15) is 17.0 Å². The molecular formula is C22H18N2O4. The first kappa shape index (κ1) is 17.6. The third-order valence-corrected chi connectivity index (χ3v) is 4.01. The summed E-state index contributed by atoms with van der Waals surface area (Å²) in [4.78, 5) is 16.6. The standard InChI is InChI=1S/C22H18N2O4/c1-2-26-18-8-5-15(6-9-18)22-24-19-14-16(7-11-20(19)28-22)23-21(25)12-10-17-4-3-13-27-17/h3-14H,2H2,1H3,(H,23,25)/b12-10+. The molecule has 0 aliphatic heterocycles. The Hall–Kier alpha value is -3.80. The van der Waals surface area contributed by atoms with E-state index in [4.69, 9.17) is 13.6 Å². The smallest absolute Gasteiger partial charge is 0.248 e. The number of amides is 1. The van der Waals surface area contributed by atoms with Gasteiger partial charge < -0.3 is 18.9 Å². The lowest BCUT2D eigenvalue weighted by Gasteiger charge is -2.02. The van der Waals surface area contributed by atoms with E-state index < -0.39 is 0 Å². The number of rotatable bonds is 6. The summed E-state index contributed by atoms with van der Waals surface area (Å²) < 4.78 is 16.4. The topological polar surface area (TPSA) is 77.5 Å². The lowest BCUT2D eigenvalue weighted by molar-refractivity contribution is -0.111. The van der Waals surface area contributed by atoms with Gasteiger partial charge in [-0.05, 0) is 67.6 Å². The first-order valence-corrected chi connectivity index (χ1v) is 8.87. The highest BCUT2D eigenvalue weighted by molar-refractivity contribution is 6.02. The average Bonchev–Trinajstić information content (AvgIpc) is 3.36. The SMILES string of the molecule is CCOc1ccc(-c2nc3cc(NC(=O)/C=C/c4ccco4)ccc3o2)cc1. The molecular weight excluding hydrogens is 356 g/mol. The number of furan rings is 1. The van der Waals surface area contributed by atoms with Gasteiger partial charge in [0, 0.05) is 17.3 Å². The van der Waals surface area contributed by atoms with E-state index >= 15 is 0 Å². The predicted octanol–water partition coefficient (Wildman–Crippen LogP) is 5.14. The molecule has 28 heavy (non-hydrogen) atoms. The zero-order valence-corrected chi connectivity index (χ0v) is 15.2. The van der Waals surface area contributed by atoms with Crippen molar-refractivity contribution in [1.82, 2.24) is 4.98 Å². The lowest BCUT2D eigenvalue weighted by Crippen LogP contribution is -2.07. The van der Waals surface area contributed by atoms with Gasteiger partial charge in [-0.1, -0.05) is 0 Å². The van der Waals surface area contributed by atoms with E-state index in [2.05, 4.69) is 10.3 Å². The van der Waals surface area contributed by atoms with E-state index in [1.807, 2.05) is 31.2 Å². The van der Waals surface area contributed by atoms with Gasteiger partial charge in [-0.3, -0.25) is 4.79 Å². The molecule has 140 valence electrons. The molecule has 4 aromatic rings. The Morgan fingerprint density at radius 2 is 2.04 bits per heavy atom. The molecule has 2 aromatic carbocycles. The normalized spacial score (nSPS) is 11.2. The molecule has 6 nitrogen and oxygen atoms in total. The van der Waals surface area contributed by atoms with Crippen molar-refractivity contribution in [3.8, 4) is 17.2 Å². The van der Waals surface area contributed by atoms with Gasteiger partial charge in [-0.15, -0.1) is 0 Å². The molecule has 1 amide bonds. The van der Waals surface area contributed by atoms with E-state index in [9.17, 15) is 4.79 Å². The minimum absolute atomic E-state index is 0.258. The van der Waals surface area contributed by atoms with Gasteiger partial charge in [0.25, 0.3) is 0 Å². The maximum absolute atomic E-state index is 12.1. The molecule has 0 unspecified atom stereocenters. The minimum Gasteiger partial charge on any atom is -0.494 e. The average molecular weight is 374 g/mol. The molecule has 4 rings (SSSR count). The molecule has 0 spiro atoms. The number of hydrogen-bond donors (Lipinski definition) is 1. The van der Waals surface area contributed by atoms with Crippen LogP contribution in [0.15, 0.2) is 75.8 Å². The van der Waals surface area contributed by atoms with Crippen molar-refractivity contribution >= 4 is 28.8 Å². The fourth-order valence-electron chi connectivity index (χ4n) is 2.72. The molecule has 0 atom stereocenters. The summed E-state index contributed by atoms with van der Waals surface area (Å²) in [5.74, 6) is 1.67. The van der Waals surface area contributed by atoms with Crippen molar-refractivity contribution in [3.63, 3.8) is 0 Å². The van der Waals surface area contributed by atoms with Crippen LogP contribution in [-0.4, -0.2) is 17.5 Å². The van der Waals surface area contributed by atoms with Crippen LogP contribution in [-0.2, 0) is 4.79 Å². The Balaban J connectivity index is 1.50. The van der Waals surface area contributed by atoms with Gasteiger partial charge in [-0.25, -0.2) is 4.98 Å². The van der Waals surface area contributed by atoms with Gasteiger partial charge in [-0.2, -0.15) is 0 Å². The number of carbonyl (C=O) groups excluding carboxylic acids is 1. The third-order valence-electron chi connectivity index (χ3n) is 4.01. The first-order chi connectivity index (χ1) is 13.7. The van der Waals surface area contributed by atoms with Gasteiger partial charge in [0.15, 0.2) is 5.58 Å². The van der Waals surface area contributed by atoms with Crippen LogP contribution in [0.3, 0.4) is 0 Å². The second-order valence-corrected chi connectivity index (χ2v) is 6.00. The highest BCUT2D eigenvalue weighted by Gasteiger charge is 2.10. The van der Waals surface area contributed by atoms with Crippen LogP contribution in [0.2, 0.25) is 0 Å². The van der Waals surface area contributed by atoms with Crippen LogP contribution in [0.1, 0.15) is 12.7 Å². The number of ether oxygens (including phenoxy) is 1. The monoisotopic (exact) mass is 374 g/mol. The van der Waals surface area contributed by atoms with Gasteiger partial charge in [0.2, 0.25) is 11.8 Å². The van der Waals surface area contributed by atoms with E-state index in [-0.39, 0.29) is 5.91 Å². The largest absolute Gasteiger partial charge is 0.494 e. The molecule has 0 aliphatic carbocycles. The Morgan fingerprint density at radius 3 is 2.79 bits per heavy atom. The summed E-state index contributed by atoms with van der Waals surface area (Å²) in [6, 6.07) is 16.4. The molecule has 1 N–H and O–H groups in total. The first-order valence-electron chi connectivity index (χ1n) is 8.87. The molecule has 2 aromatic heterocycles. The number of oxazole rings is 1. The minimum atomic E-state index is -0.258. The predicted molar refractivity (Wildman–Crippen MR) is 107 cm³/mol. The second-order valence-electron chi connectivity index (χ2n) is 6.00. The Morgan fingerprint density at radius 1 is 1.18 bits per heavy atom. The number of anilines is 1. The fraction of sp³-hybridized carbons (Fsp3) is 0.0909. The molecule has 2 heterocycles. The zero-order valence-electron chi connectivity index (χ0n) is 15.2. The van der Waals surface area contributed by atoms with Crippen molar-refractivity contribution in [2.45, 2.75) is 6.92 Å². The van der Waals surface area contributed by atoms with Crippen LogP contribution in [0.5, 0.6) is 5.75 Å². The van der Waals surface area contributed by atoms with Crippen LogP contribution in [0.25, 0.3) is 28.6 Å². The summed E-state index contributed by atoms with van der Waals surface area (Å²) in [6.07, 6.45) is 4.57. The number of nitrogens with one attached hydrogen (secondary N) is 1. The van der Waals surface area contributed by atoms with Crippen LogP contribution in [0, 0.1) is 0 Å². The van der Waals surface area contributed by atoms with E-state index in [0.717, 1.165) is 11.3 Å². The van der Waals surface area contributed by atoms with E-state index in [1.165, 1.54) is 6.08 Å². The Labute approximate surface area is 161 Å². The fourth-order valence-corrected chi connectivity index (χ4v) is 2.72. The summed E-state index contributed by atoms with van der Waals surface area (Å²) >= 11 is 0. The summed E-state index contributed by atoms with van der Waals surface area (Å²) in [6.45, 7) is 2.56. The number of benzene rings is 2. The van der Waals surface area contributed by atoms with Crippen molar-refractivity contribution in [2.75, 3.05) is 11.9 Å². The van der Waals surface area contributed by atoms with E-state index in [0.29, 0.717) is 35.0 Å². The number of nitrogens with zero attached hydrogens (tertiary/aromatic N) is 1. The van der Waals surface area contributed by atoms with Crippen molar-refractivity contribution < 1.29 is 18.4 Å². The van der Waals surface area contributed by atoms with E-state index in [1.54, 1.807) is 42.7 Å². The highest BCUT2D eigenvalue weighted by atomic mass is 16.5.